The summed E-state index contributed by atoms with van der Waals surface area (Å²) in [6.45, 7) is 18.7. The average molecular weight is 860 g/mol. The van der Waals surface area contributed by atoms with Gasteiger partial charge in [-0.2, -0.15) is 0 Å². The number of pyridine rings is 1. The van der Waals surface area contributed by atoms with Crippen molar-refractivity contribution in [2.45, 2.75) is 79.6 Å². The second-order valence-electron chi connectivity index (χ2n) is 15.1. The molecule has 0 unspecified atom stereocenters. The minimum absolute atomic E-state index is 0. The van der Waals surface area contributed by atoms with Crippen molar-refractivity contribution in [3.8, 4) is 22.8 Å². The largest absolute Gasteiger partial charge is 0 e. The Bertz CT molecular complexity index is 1720. The molecule has 1 N–H and O–H groups in total. The third-order valence-electron chi connectivity index (χ3n) is 9.12. The van der Waals surface area contributed by atoms with Crippen LogP contribution in [0.4, 0.5) is 0 Å². The molecule has 0 atom stereocenters. The van der Waals surface area contributed by atoms with Crippen molar-refractivity contribution in [1.82, 2.24) is 4.98 Å². The molecule has 0 bridgehead atoms. The molecule has 1 radical (unpaired) electrons. The van der Waals surface area contributed by atoms with E-state index in [1.54, 1.807) is 0 Å². The zero-order valence-electron chi connectivity index (χ0n) is 29.7. The fraction of sp³-hybridized carbons (Fsp3) is 0.450. The van der Waals surface area contributed by atoms with Crippen molar-refractivity contribution in [2.24, 2.45) is 35.5 Å². The molecule has 5 rings (SSSR count). The molecule has 1 aliphatic heterocycles. The van der Waals surface area contributed by atoms with E-state index < -0.39 is 13.3 Å². The smallest absolute Gasteiger partial charge is 0 e. The number of carbonyl (C=O) groups is 1. The SMILES string of the molecule is CC(C)C(C(=O)/C=C(\O)C(C(C)C)C(C)C)C(C)C.Cc1c2c([c-]c3ccccc13)-c1nccc3cc[c]([Ge]([CH3])([CH3])[CH3])c(c13)O2.[Ir]. The Hall–Kier alpha value is -2.47. The minimum Gasteiger partial charge on any atom is 0 e. The van der Waals surface area contributed by atoms with Gasteiger partial charge in [0, 0.05) is 38.0 Å². The van der Waals surface area contributed by atoms with Crippen LogP contribution in [0.3, 0.4) is 0 Å². The summed E-state index contributed by atoms with van der Waals surface area (Å²) in [5.41, 5.74) is 3.15. The van der Waals surface area contributed by atoms with E-state index in [4.69, 9.17) is 9.72 Å². The normalized spacial score (nSPS) is 13.0. The molecule has 4 nitrogen and oxygen atoms in total. The fourth-order valence-corrected chi connectivity index (χ4v) is 10.2. The molecular weight excluding hydrogens is 807 g/mol. The van der Waals surface area contributed by atoms with Gasteiger partial charge in [-0.15, -0.1) is 0 Å². The number of hydrogen-bond donors (Lipinski definition) is 1. The van der Waals surface area contributed by atoms with E-state index in [1.807, 2.05) is 6.20 Å². The maximum Gasteiger partial charge on any atom is 0 e. The minimum atomic E-state index is -2.10. The monoisotopic (exact) mass is 861 g/mol. The van der Waals surface area contributed by atoms with Crippen molar-refractivity contribution in [1.29, 1.82) is 0 Å². The summed E-state index contributed by atoms with van der Waals surface area (Å²) >= 11 is -2.10. The van der Waals surface area contributed by atoms with Crippen LogP contribution in [0, 0.1) is 48.5 Å². The number of benzene rings is 3. The van der Waals surface area contributed by atoms with Crippen LogP contribution in [0.15, 0.2) is 60.5 Å². The molecule has 0 spiro atoms. The first-order valence-corrected chi connectivity index (χ1v) is 23.9. The predicted molar refractivity (Wildman–Crippen MR) is 193 cm³/mol. The number of ether oxygens (including phenoxy) is 1. The standard InChI is InChI=1S/C23H20GeNO.C17H32O2.Ir/c1-14-17-8-6-5-7-16(17)13-18-21-20-15(11-12-25-21)9-10-19(24(2,3)4)23(20)26-22(14)18;1-10(2)16(11(3)4)14(18)9-15(19)17(12(5)6)13(7)8;/h5-12H,1-4H3;9-13,16-18H,1-8H3;/q-1;;/b;14-9-;. The van der Waals surface area contributed by atoms with Crippen molar-refractivity contribution in [3.63, 3.8) is 0 Å². The Morgan fingerprint density at radius 3 is 2.00 bits per heavy atom. The number of aliphatic hydroxyl groups excluding tert-OH is 1. The maximum atomic E-state index is 12.3. The maximum absolute atomic E-state index is 12.3. The van der Waals surface area contributed by atoms with Gasteiger partial charge in [-0.05, 0) is 23.7 Å². The Morgan fingerprint density at radius 2 is 1.43 bits per heavy atom. The number of aliphatic hydroxyl groups is 1. The van der Waals surface area contributed by atoms with E-state index in [0.717, 1.165) is 39.1 Å². The van der Waals surface area contributed by atoms with Gasteiger partial charge in [0.05, 0.1) is 5.76 Å². The Morgan fingerprint density at radius 1 is 0.848 bits per heavy atom. The summed E-state index contributed by atoms with van der Waals surface area (Å²) in [4.78, 5) is 17.1. The topological polar surface area (TPSA) is 59.4 Å². The molecule has 0 aliphatic carbocycles. The molecular formula is C40H52GeIrNO3-. The van der Waals surface area contributed by atoms with Gasteiger partial charge in [0.1, 0.15) is 0 Å². The number of fused-ring (bicyclic) bond motifs is 3. The van der Waals surface area contributed by atoms with Crippen LogP contribution in [-0.2, 0) is 24.9 Å². The molecule has 0 saturated heterocycles. The molecule has 6 heteroatoms. The van der Waals surface area contributed by atoms with Crippen LogP contribution in [0.2, 0.25) is 17.3 Å². The Labute approximate surface area is 293 Å². The first-order valence-electron chi connectivity index (χ1n) is 16.5. The Balaban J connectivity index is 0.000000260. The zero-order chi connectivity index (χ0) is 33.4. The fourth-order valence-electron chi connectivity index (χ4n) is 7.16. The molecule has 1 aliphatic rings. The summed E-state index contributed by atoms with van der Waals surface area (Å²) in [7, 11) is 0. The Kier molecular flexibility index (Phi) is 12.5. The summed E-state index contributed by atoms with van der Waals surface area (Å²) < 4.78 is 8.02. The molecule has 46 heavy (non-hydrogen) atoms. The van der Waals surface area contributed by atoms with Gasteiger partial charge in [0.25, 0.3) is 0 Å². The number of hydrogen-bond acceptors (Lipinski definition) is 4. The quantitative estimate of drug-likeness (QED) is 0.0731. The van der Waals surface area contributed by atoms with Crippen LogP contribution in [0.25, 0.3) is 32.8 Å². The van der Waals surface area contributed by atoms with Gasteiger partial charge in [-0.25, -0.2) is 0 Å². The summed E-state index contributed by atoms with van der Waals surface area (Å²) in [6, 6.07) is 18.5. The summed E-state index contributed by atoms with van der Waals surface area (Å²) in [6.07, 6.45) is 3.38. The van der Waals surface area contributed by atoms with E-state index in [-0.39, 0.29) is 43.5 Å². The molecule has 1 aromatic heterocycles. The van der Waals surface area contributed by atoms with Gasteiger partial charge in [-0.3, -0.25) is 4.79 Å². The van der Waals surface area contributed by atoms with Crippen LogP contribution in [-0.4, -0.2) is 29.1 Å². The zero-order valence-corrected chi connectivity index (χ0v) is 34.2. The van der Waals surface area contributed by atoms with Crippen LogP contribution < -0.4 is 9.13 Å². The van der Waals surface area contributed by atoms with Crippen LogP contribution >= 0.6 is 0 Å². The number of carbonyl (C=O) groups excluding carboxylic acids is 1. The van der Waals surface area contributed by atoms with Crippen molar-refractivity contribution < 1.29 is 34.7 Å². The molecule has 3 aromatic carbocycles. The molecule has 0 saturated carbocycles. The van der Waals surface area contributed by atoms with Crippen molar-refractivity contribution >= 4 is 45.0 Å². The van der Waals surface area contributed by atoms with Crippen LogP contribution in [0.1, 0.15) is 61.0 Å². The van der Waals surface area contributed by atoms with E-state index in [9.17, 15) is 9.90 Å². The molecule has 2 heterocycles. The first kappa shape index (κ1) is 38.0. The number of rotatable bonds is 8. The van der Waals surface area contributed by atoms with Crippen molar-refractivity contribution in [2.75, 3.05) is 0 Å². The van der Waals surface area contributed by atoms with Crippen molar-refractivity contribution in [3.05, 3.63) is 72.1 Å². The molecule has 0 amide bonds. The van der Waals surface area contributed by atoms with Gasteiger partial charge >= 0.3 is 156 Å². The number of ketones is 1. The number of allylic oxidation sites excluding steroid dienone is 2. The van der Waals surface area contributed by atoms with Crippen LogP contribution in [0.5, 0.6) is 11.5 Å². The average Bonchev–Trinajstić information content (AvgIpc) is 2.93. The third-order valence-corrected chi connectivity index (χ3v) is 13.3. The van der Waals surface area contributed by atoms with E-state index in [1.165, 1.54) is 21.2 Å². The second-order valence-corrected chi connectivity index (χ2v) is 25.6. The van der Waals surface area contributed by atoms with Gasteiger partial charge in [0.2, 0.25) is 0 Å². The van der Waals surface area contributed by atoms with E-state index in [2.05, 4.69) is 128 Å². The number of nitrogens with zero attached hydrogens (tertiary/aromatic N) is 1. The van der Waals surface area contributed by atoms with E-state index in [0.29, 0.717) is 23.7 Å². The number of aromatic nitrogens is 1. The van der Waals surface area contributed by atoms with Gasteiger partial charge in [-0.1, -0.05) is 55.4 Å². The summed E-state index contributed by atoms with van der Waals surface area (Å²) in [5.74, 6) is 10.8. The molecule has 4 aromatic rings. The first-order chi connectivity index (χ1) is 21.0. The third kappa shape index (κ3) is 7.80. The van der Waals surface area contributed by atoms with E-state index >= 15 is 0 Å². The van der Waals surface area contributed by atoms with Gasteiger partial charge < -0.3 is 5.11 Å². The predicted octanol–water partition coefficient (Wildman–Crippen LogP) is 10.7. The second kappa shape index (κ2) is 15.2. The van der Waals surface area contributed by atoms with Gasteiger partial charge in [0.15, 0.2) is 5.78 Å². The molecule has 0 fully saturated rings. The number of aryl methyl sites for hydroxylation is 1. The summed E-state index contributed by atoms with van der Waals surface area (Å²) in [5, 5.41) is 14.9. The molecule has 249 valence electrons.